The van der Waals surface area contributed by atoms with Crippen LogP contribution in [0.5, 0.6) is 17.2 Å². The lowest BCUT2D eigenvalue weighted by Crippen LogP contribution is -2.05. The van der Waals surface area contributed by atoms with Gasteiger partial charge < -0.3 is 19.0 Å². The third-order valence-corrected chi connectivity index (χ3v) is 3.05. The normalized spacial score (nSPS) is 12.9. The lowest BCUT2D eigenvalue weighted by Gasteiger charge is -2.12. The molecule has 0 aromatic heterocycles. The summed E-state index contributed by atoms with van der Waals surface area (Å²) in [5.74, 6) is 7.12. The summed E-state index contributed by atoms with van der Waals surface area (Å²) < 4.78 is 16.7. The van der Waals surface area contributed by atoms with Gasteiger partial charge in [0.05, 0.1) is 13.7 Å². The minimum absolute atomic E-state index is 0.230. The first-order chi connectivity index (χ1) is 7.77. The van der Waals surface area contributed by atoms with E-state index in [0.29, 0.717) is 24.5 Å². The summed E-state index contributed by atoms with van der Waals surface area (Å²) in [6, 6.07) is 1.88. The van der Waals surface area contributed by atoms with E-state index >= 15 is 0 Å². The molecule has 0 spiro atoms. The minimum Gasteiger partial charge on any atom is -0.495 e. The molecule has 0 atom stereocenters. The summed E-state index contributed by atoms with van der Waals surface area (Å²) in [5, 5.41) is 0. The Bertz CT molecular complexity index is 397. The van der Waals surface area contributed by atoms with Gasteiger partial charge in [0.15, 0.2) is 11.5 Å². The van der Waals surface area contributed by atoms with Crippen LogP contribution in [0.3, 0.4) is 0 Å². The molecular weight excluding hydrogens is 278 g/mol. The summed E-state index contributed by atoms with van der Waals surface area (Å²) in [7, 11) is 1.61. The molecule has 0 saturated heterocycles. The fraction of sp³-hybridized carbons (Fsp3) is 0.400. The van der Waals surface area contributed by atoms with Crippen molar-refractivity contribution in [2.75, 3.05) is 20.5 Å². The van der Waals surface area contributed by atoms with Gasteiger partial charge in [-0.1, -0.05) is 0 Å². The highest BCUT2D eigenvalue weighted by Gasteiger charge is 2.23. The standard InChI is InChI=1S/C10H12BrNO4/c1-13-9-6(2-3-16-12)4-7-10(8(9)11)15-5-14-7/h4H,2-3,5,12H2,1H3. The summed E-state index contributed by atoms with van der Waals surface area (Å²) in [6.45, 7) is 0.649. The van der Waals surface area contributed by atoms with Gasteiger partial charge in [-0.15, -0.1) is 0 Å². The first-order valence-corrected chi connectivity index (χ1v) is 5.54. The second-order valence-electron chi connectivity index (χ2n) is 3.24. The van der Waals surface area contributed by atoms with Gasteiger partial charge in [-0.3, -0.25) is 0 Å². The maximum Gasteiger partial charge on any atom is 0.231 e. The number of rotatable bonds is 4. The predicted octanol–water partition coefficient (Wildman–Crippen LogP) is 1.62. The molecule has 2 rings (SSSR count). The summed E-state index contributed by atoms with van der Waals surface area (Å²) in [6.07, 6.45) is 0.648. The smallest absolute Gasteiger partial charge is 0.231 e. The van der Waals surface area contributed by atoms with Gasteiger partial charge >= 0.3 is 0 Å². The Kier molecular flexibility index (Phi) is 3.52. The Morgan fingerprint density at radius 1 is 1.50 bits per heavy atom. The van der Waals surface area contributed by atoms with Crippen LogP contribution < -0.4 is 20.1 Å². The minimum atomic E-state index is 0.230. The SMILES string of the molecule is COc1c(CCON)cc2c(c1Br)OCO2. The molecule has 0 aliphatic carbocycles. The predicted molar refractivity (Wildman–Crippen MR) is 60.7 cm³/mol. The van der Waals surface area contributed by atoms with E-state index in [1.165, 1.54) is 0 Å². The molecule has 1 aromatic rings. The Balaban J connectivity index is 2.39. The lowest BCUT2D eigenvalue weighted by atomic mass is 10.1. The van der Waals surface area contributed by atoms with E-state index in [-0.39, 0.29) is 6.79 Å². The van der Waals surface area contributed by atoms with Gasteiger partial charge in [0, 0.05) is 12.0 Å². The number of ether oxygens (including phenoxy) is 3. The molecule has 0 fully saturated rings. The molecule has 1 heterocycles. The van der Waals surface area contributed by atoms with E-state index in [1.807, 2.05) is 6.07 Å². The van der Waals surface area contributed by atoms with Gasteiger partial charge in [0.2, 0.25) is 6.79 Å². The molecule has 0 unspecified atom stereocenters. The maximum atomic E-state index is 5.33. The van der Waals surface area contributed by atoms with Gasteiger partial charge in [0.1, 0.15) is 10.2 Å². The van der Waals surface area contributed by atoms with E-state index in [9.17, 15) is 0 Å². The van der Waals surface area contributed by atoms with Crippen LogP contribution in [0, 0.1) is 0 Å². The fourth-order valence-electron chi connectivity index (χ4n) is 1.61. The molecule has 6 heteroatoms. The number of hydrogen-bond donors (Lipinski definition) is 1. The molecule has 1 aromatic carbocycles. The molecule has 0 amide bonds. The molecule has 2 N–H and O–H groups in total. The molecule has 16 heavy (non-hydrogen) atoms. The van der Waals surface area contributed by atoms with Crippen molar-refractivity contribution in [3.8, 4) is 17.2 Å². The van der Waals surface area contributed by atoms with Crippen LogP contribution in [-0.2, 0) is 11.3 Å². The largest absolute Gasteiger partial charge is 0.495 e. The average molecular weight is 290 g/mol. The Morgan fingerprint density at radius 2 is 2.31 bits per heavy atom. The monoisotopic (exact) mass is 289 g/mol. The molecule has 0 radical (unpaired) electrons. The molecule has 88 valence electrons. The number of fused-ring (bicyclic) bond motifs is 1. The van der Waals surface area contributed by atoms with Crippen LogP contribution in [-0.4, -0.2) is 20.5 Å². The molecule has 0 saturated carbocycles. The van der Waals surface area contributed by atoms with Crippen LogP contribution in [0.25, 0.3) is 0 Å². The molecule has 0 bridgehead atoms. The van der Waals surface area contributed by atoms with Crippen molar-refractivity contribution >= 4 is 15.9 Å². The number of hydrogen-bond acceptors (Lipinski definition) is 5. The molecule has 1 aliphatic rings. The number of benzene rings is 1. The zero-order valence-electron chi connectivity index (χ0n) is 8.79. The zero-order valence-corrected chi connectivity index (χ0v) is 10.4. The molecular formula is C10H12BrNO4. The quantitative estimate of drug-likeness (QED) is 0.854. The first-order valence-electron chi connectivity index (χ1n) is 4.74. The van der Waals surface area contributed by atoms with Crippen LogP contribution in [0.2, 0.25) is 0 Å². The van der Waals surface area contributed by atoms with Crippen LogP contribution in [0.4, 0.5) is 0 Å². The van der Waals surface area contributed by atoms with Gasteiger partial charge in [-0.25, -0.2) is 5.90 Å². The fourth-order valence-corrected chi connectivity index (χ4v) is 2.34. The van der Waals surface area contributed by atoms with E-state index in [4.69, 9.17) is 20.1 Å². The number of nitrogens with two attached hydrogens (primary N) is 1. The van der Waals surface area contributed by atoms with Crippen molar-refractivity contribution in [1.82, 2.24) is 0 Å². The Labute approximate surface area is 102 Å². The highest BCUT2D eigenvalue weighted by atomic mass is 79.9. The molecule has 5 nitrogen and oxygen atoms in total. The Morgan fingerprint density at radius 3 is 3.00 bits per heavy atom. The highest BCUT2D eigenvalue weighted by Crippen LogP contribution is 2.46. The van der Waals surface area contributed by atoms with E-state index < -0.39 is 0 Å². The maximum absolute atomic E-state index is 5.33. The van der Waals surface area contributed by atoms with Crippen molar-refractivity contribution < 1.29 is 19.0 Å². The number of methoxy groups -OCH3 is 1. The van der Waals surface area contributed by atoms with Crippen molar-refractivity contribution in [2.24, 2.45) is 5.90 Å². The Hall–Kier alpha value is -0.980. The highest BCUT2D eigenvalue weighted by molar-refractivity contribution is 9.10. The van der Waals surface area contributed by atoms with Crippen LogP contribution >= 0.6 is 15.9 Å². The third-order valence-electron chi connectivity index (χ3n) is 2.33. The topological polar surface area (TPSA) is 62.9 Å². The third kappa shape index (κ3) is 1.95. The summed E-state index contributed by atoms with van der Waals surface area (Å²) >= 11 is 3.43. The van der Waals surface area contributed by atoms with E-state index in [1.54, 1.807) is 7.11 Å². The summed E-state index contributed by atoms with van der Waals surface area (Å²) in [4.78, 5) is 4.56. The van der Waals surface area contributed by atoms with Gasteiger partial charge in [0.25, 0.3) is 0 Å². The summed E-state index contributed by atoms with van der Waals surface area (Å²) in [5.41, 5.74) is 0.962. The van der Waals surface area contributed by atoms with Crippen molar-refractivity contribution in [1.29, 1.82) is 0 Å². The second kappa shape index (κ2) is 4.90. The van der Waals surface area contributed by atoms with Crippen molar-refractivity contribution in [3.63, 3.8) is 0 Å². The van der Waals surface area contributed by atoms with Gasteiger partial charge in [-0.05, 0) is 22.0 Å². The van der Waals surface area contributed by atoms with Crippen molar-refractivity contribution in [3.05, 3.63) is 16.1 Å². The van der Waals surface area contributed by atoms with E-state index in [0.717, 1.165) is 15.8 Å². The van der Waals surface area contributed by atoms with Crippen molar-refractivity contribution in [2.45, 2.75) is 6.42 Å². The zero-order chi connectivity index (χ0) is 11.5. The second-order valence-corrected chi connectivity index (χ2v) is 4.03. The van der Waals surface area contributed by atoms with E-state index in [2.05, 4.69) is 20.8 Å². The van der Waals surface area contributed by atoms with Gasteiger partial charge in [-0.2, -0.15) is 0 Å². The van der Waals surface area contributed by atoms with Crippen LogP contribution in [0.15, 0.2) is 10.5 Å². The first kappa shape index (κ1) is 11.5. The molecule has 1 aliphatic heterocycles. The lowest BCUT2D eigenvalue weighted by molar-refractivity contribution is 0.140. The average Bonchev–Trinajstić information content (AvgIpc) is 2.75. The van der Waals surface area contributed by atoms with Crippen LogP contribution in [0.1, 0.15) is 5.56 Å². The number of halogens is 1.